The molecule has 0 saturated carbocycles. The van der Waals surface area contributed by atoms with Crippen molar-refractivity contribution in [3.8, 4) is 5.75 Å². The number of nitrogens with two attached hydrogens (primary N) is 1. The Morgan fingerprint density at radius 2 is 1.74 bits per heavy atom. The van der Waals surface area contributed by atoms with Crippen LogP contribution in [0.4, 0.5) is 0 Å². The van der Waals surface area contributed by atoms with E-state index in [4.69, 9.17) is 19.9 Å². The molecule has 4 nitrogen and oxygen atoms in total. The fourth-order valence-electron chi connectivity index (χ4n) is 1.61. The number of aryl methyl sites for hydroxylation is 1. The number of hydrogen-bond acceptors (Lipinski definition) is 4. The van der Waals surface area contributed by atoms with Gasteiger partial charge in [0, 0.05) is 13.2 Å². The Balaban J connectivity index is 2.17. The largest absolute Gasteiger partial charge is 0.491 e. The Bertz CT molecular complexity index is 325. The predicted molar refractivity (Wildman–Crippen MR) is 76.6 cm³/mol. The second-order valence-corrected chi connectivity index (χ2v) is 4.61. The van der Waals surface area contributed by atoms with Gasteiger partial charge in [-0.25, -0.2) is 0 Å². The maximum absolute atomic E-state index is 5.74. The molecule has 0 spiro atoms. The van der Waals surface area contributed by atoms with Crippen molar-refractivity contribution in [2.45, 2.75) is 25.8 Å². The Labute approximate surface area is 115 Å². The van der Waals surface area contributed by atoms with Gasteiger partial charge in [0.1, 0.15) is 12.4 Å². The highest BCUT2D eigenvalue weighted by Crippen LogP contribution is 2.13. The number of benzene rings is 1. The lowest BCUT2D eigenvalue weighted by atomic mass is 10.1. The fourth-order valence-corrected chi connectivity index (χ4v) is 1.61. The summed E-state index contributed by atoms with van der Waals surface area (Å²) < 4.78 is 15.8. The first kappa shape index (κ1) is 16.0. The molecule has 0 aliphatic heterocycles. The molecule has 1 aromatic carbocycles. The minimum Gasteiger partial charge on any atom is -0.491 e. The number of methoxy groups -OCH3 is 1. The minimum absolute atomic E-state index is 0.250. The van der Waals surface area contributed by atoms with E-state index in [1.54, 1.807) is 7.11 Å². The SMILES string of the molecule is COCCOCCOc1ccc(CCC(C)N)cc1. The van der Waals surface area contributed by atoms with E-state index in [1.165, 1.54) is 5.56 Å². The molecule has 0 radical (unpaired) electrons. The molecule has 0 heterocycles. The van der Waals surface area contributed by atoms with Gasteiger partial charge >= 0.3 is 0 Å². The van der Waals surface area contributed by atoms with E-state index in [-0.39, 0.29) is 6.04 Å². The van der Waals surface area contributed by atoms with E-state index >= 15 is 0 Å². The molecule has 0 aliphatic carbocycles. The average molecular weight is 267 g/mol. The molecule has 4 heteroatoms. The van der Waals surface area contributed by atoms with E-state index < -0.39 is 0 Å². The number of rotatable bonds is 10. The van der Waals surface area contributed by atoms with E-state index in [9.17, 15) is 0 Å². The smallest absolute Gasteiger partial charge is 0.119 e. The molecule has 19 heavy (non-hydrogen) atoms. The van der Waals surface area contributed by atoms with Gasteiger partial charge in [-0.05, 0) is 37.5 Å². The van der Waals surface area contributed by atoms with Crippen LogP contribution in [0.25, 0.3) is 0 Å². The van der Waals surface area contributed by atoms with Crippen LogP contribution in [-0.2, 0) is 15.9 Å². The van der Waals surface area contributed by atoms with Gasteiger partial charge in [-0.15, -0.1) is 0 Å². The second kappa shape index (κ2) is 9.78. The van der Waals surface area contributed by atoms with Gasteiger partial charge in [0.05, 0.1) is 19.8 Å². The van der Waals surface area contributed by atoms with Gasteiger partial charge in [0.2, 0.25) is 0 Å². The Hall–Kier alpha value is -1.10. The third-order valence-corrected chi connectivity index (χ3v) is 2.74. The van der Waals surface area contributed by atoms with Crippen molar-refractivity contribution in [3.63, 3.8) is 0 Å². The number of hydrogen-bond donors (Lipinski definition) is 1. The van der Waals surface area contributed by atoms with Gasteiger partial charge in [0.15, 0.2) is 0 Å². The molecule has 0 fully saturated rings. The van der Waals surface area contributed by atoms with Crippen molar-refractivity contribution in [3.05, 3.63) is 29.8 Å². The summed E-state index contributed by atoms with van der Waals surface area (Å²) in [5.74, 6) is 0.875. The molecule has 1 atom stereocenters. The van der Waals surface area contributed by atoms with Crippen molar-refractivity contribution in [2.75, 3.05) is 33.5 Å². The highest BCUT2D eigenvalue weighted by atomic mass is 16.5. The summed E-state index contributed by atoms with van der Waals surface area (Å²) in [6.07, 6.45) is 2.02. The maximum Gasteiger partial charge on any atom is 0.119 e. The summed E-state index contributed by atoms with van der Waals surface area (Å²) in [5, 5.41) is 0. The van der Waals surface area contributed by atoms with Gasteiger partial charge in [-0.2, -0.15) is 0 Å². The molecule has 0 saturated heterocycles. The predicted octanol–water partition coefficient (Wildman–Crippen LogP) is 2.01. The zero-order chi connectivity index (χ0) is 13.9. The van der Waals surface area contributed by atoms with E-state index in [2.05, 4.69) is 12.1 Å². The van der Waals surface area contributed by atoms with Gasteiger partial charge < -0.3 is 19.9 Å². The molecule has 1 rings (SSSR count). The quantitative estimate of drug-likeness (QED) is 0.659. The molecule has 0 bridgehead atoms. The normalized spacial score (nSPS) is 12.4. The first-order valence-corrected chi connectivity index (χ1v) is 6.76. The van der Waals surface area contributed by atoms with Crippen LogP contribution in [0.1, 0.15) is 18.9 Å². The zero-order valence-corrected chi connectivity index (χ0v) is 11.9. The average Bonchev–Trinajstić information content (AvgIpc) is 2.41. The molecular weight excluding hydrogens is 242 g/mol. The molecule has 0 aliphatic rings. The molecule has 0 amide bonds. The van der Waals surface area contributed by atoms with Gasteiger partial charge in [-0.3, -0.25) is 0 Å². The van der Waals surface area contributed by atoms with Gasteiger partial charge in [0.25, 0.3) is 0 Å². The second-order valence-electron chi connectivity index (χ2n) is 4.61. The van der Waals surface area contributed by atoms with E-state index in [0.717, 1.165) is 18.6 Å². The molecular formula is C15H25NO3. The Morgan fingerprint density at radius 3 is 2.37 bits per heavy atom. The van der Waals surface area contributed by atoms with Crippen LogP contribution in [0.15, 0.2) is 24.3 Å². The zero-order valence-electron chi connectivity index (χ0n) is 11.9. The maximum atomic E-state index is 5.74. The summed E-state index contributed by atoms with van der Waals surface area (Å²) in [6, 6.07) is 8.41. The summed E-state index contributed by atoms with van der Waals surface area (Å²) in [5.41, 5.74) is 7.03. The van der Waals surface area contributed by atoms with Crippen LogP contribution in [0.3, 0.4) is 0 Å². The van der Waals surface area contributed by atoms with Crippen molar-refractivity contribution in [2.24, 2.45) is 5.73 Å². The first-order chi connectivity index (χ1) is 9.22. The van der Waals surface area contributed by atoms with E-state index in [0.29, 0.717) is 26.4 Å². The summed E-state index contributed by atoms with van der Waals surface area (Å²) >= 11 is 0. The van der Waals surface area contributed by atoms with Crippen LogP contribution in [0.5, 0.6) is 5.75 Å². The third kappa shape index (κ3) is 7.82. The summed E-state index contributed by atoms with van der Waals surface area (Å²) in [4.78, 5) is 0. The van der Waals surface area contributed by atoms with Crippen molar-refractivity contribution in [1.29, 1.82) is 0 Å². The van der Waals surface area contributed by atoms with Crippen LogP contribution >= 0.6 is 0 Å². The van der Waals surface area contributed by atoms with Crippen molar-refractivity contribution in [1.82, 2.24) is 0 Å². The number of ether oxygens (including phenoxy) is 3. The van der Waals surface area contributed by atoms with E-state index in [1.807, 2.05) is 19.1 Å². The van der Waals surface area contributed by atoms with Crippen LogP contribution in [-0.4, -0.2) is 39.6 Å². The van der Waals surface area contributed by atoms with Crippen LogP contribution in [0, 0.1) is 0 Å². The topological polar surface area (TPSA) is 53.7 Å². The van der Waals surface area contributed by atoms with Gasteiger partial charge in [-0.1, -0.05) is 12.1 Å². The fraction of sp³-hybridized carbons (Fsp3) is 0.600. The third-order valence-electron chi connectivity index (χ3n) is 2.74. The van der Waals surface area contributed by atoms with Crippen molar-refractivity contribution >= 4 is 0 Å². The molecule has 108 valence electrons. The standard InChI is InChI=1S/C15H25NO3/c1-13(16)3-4-14-5-7-15(8-6-14)19-12-11-18-10-9-17-2/h5-8,13H,3-4,9-12,16H2,1-2H3. The van der Waals surface area contributed by atoms with Crippen LogP contribution in [0.2, 0.25) is 0 Å². The lowest BCUT2D eigenvalue weighted by Crippen LogP contribution is -2.15. The Kier molecular flexibility index (Phi) is 8.21. The molecule has 1 aromatic rings. The monoisotopic (exact) mass is 267 g/mol. The lowest BCUT2D eigenvalue weighted by Gasteiger charge is -2.08. The minimum atomic E-state index is 0.250. The lowest BCUT2D eigenvalue weighted by molar-refractivity contribution is 0.0544. The first-order valence-electron chi connectivity index (χ1n) is 6.76. The summed E-state index contributed by atoms with van der Waals surface area (Å²) in [6.45, 7) is 4.39. The molecule has 1 unspecified atom stereocenters. The highest BCUT2D eigenvalue weighted by Gasteiger charge is 1.98. The molecule has 0 aromatic heterocycles. The van der Waals surface area contributed by atoms with Crippen LogP contribution < -0.4 is 10.5 Å². The highest BCUT2D eigenvalue weighted by molar-refractivity contribution is 5.27. The Morgan fingerprint density at radius 1 is 1.05 bits per heavy atom. The summed E-state index contributed by atoms with van der Waals surface area (Å²) in [7, 11) is 1.66. The van der Waals surface area contributed by atoms with Crippen molar-refractivity contribution < 1.29 is 14.2 Å². The molecule has 2 N–H and O–H groups in total.